The average molecular weight is 368 g/mol. The first-order chi connectivity index (χ1) is 13.1. The normalized spacial score (nSPS) is 11.2. The lowest BCUT2D eigenvalue weighted by Gasteiger charge is -2.17. The van der Waals surface area contributed by atoms with Gasteiger partial charge < -0.3 is 19.5 Å². The average Bonchev–Trinajstić information content (AvgIpc) is 2.68. The molecule has 0 aliphatic rings. The summed E-state index contributed by atoms with van der Waals surface area (Å²) in [5.41, 5.74) is 1.45. The van der Waals surface area contributed by atoms with E-state index in [0.717, 1.165) is 5.56 Å². The molecule has 0 aliphatic carbocycles. The number of hydrogen-bond acceptors (Lipinski definition) is 5. The van der Waals surface area contributed by atoms with Gasteiger partial charge in [-0.2, -0.15) is 5.26 Å². The van der Waals surface area contributed by atoms with E-state index in [2.05, 4.69) is 5.32 Å². The number of carbonyl (C=O) groups is 1. The highest BCUT2D eigenvalue weighted by Gasteiger charge is 2.13. The number of amides is 1. The summed E-state index contributed by atoms with van der Waals surface area (Å²) in [5, 5.41) is 11.7. The number of benzene rings is 2. The van der Waals surface area contributed by atoms with Crippen molar-refractivity contribution >= 4 is 5.91 Å². The maximum atomic E-state index is 12.2. The molecule has 2 aromatic carbocycles. The Bertz CT molecular complexity index is 797. The summed E-state index contributed by atoms with van der Waals surface area (Å²) in [4.78, 5) is 12.2. The van der Waals surface area contributed by atoms with Gasteiger partial charge in [-0.3, -0.25) is 4.79 Å². The fourth-order valence-electron chi connectivity index (χ4n) is 2.48. The predicted molar refractivity (Wildman–Crippen MR) is 102 cm³/mol. The van der Waals surface area contributed by atoms with Gasteiger partial charge in [-0.15, -0.1) is 0 Å². The summed E-state index contributed by atoms with van der Waals surface area (Å²) in [6, 6.07) is 14.1. The van der Waals surface area contributed by atoms with E-state index in [9.17, 15) is 4.79 Å². The van der Waals surface area contributed by atoms with E-state index < -0.39 is 0 Å². The van der Waals surface area contributed by atoms with E-state index in [1.54, 1.807) is 24.3 Å². The molecule has 27 heavy (non-hydrogen) atoms. The molecule has 6 heteroatoms. The van der Waals surface area contributed by atoms with Crippen LogP contribution in [0.2, 0.25) is 0 Å². The van der Waals surface area contributed by atoms with Crippen LogP contribution in [0.5, 0.6) is 17.2 Å². The van der Waals surface area contributed by atoms with Gasteiger partial charge in [-0.25, -0.2) is 0 Å². The van der Waals surface area contributed by atoms with Crippen LogP contribution >= 0.6 is 0 Å². The third-order valence-corrected chi connectivity index (χ3v) is 3.80. The van der Waals surface area contributed by atoms with Crippen molar-refractivity contribution in [3.8, 4) is 23.3 Å². The highest BCUT2D eigenvalue weighted by molar-refractivity contribution is 5.78. The zero-order chi connectivity index (χ0) is 19.6. The number of rotatable bonds is 9. The zero-order valence-electron chi connectivity index (χ0n) is 15.8. The second kappa shape index (κ2) is 10.1. The zero-order valence-corrected chi connectivity index (χ0v) is 15.8. The molecule has 0 heterocycles. The van der Waals surface area contributed by atoms with Gasteiger partial charge in [0.2, 0.25) is 0 Å². The Kier molecular flexibility index (Phi) is 7.50. The lowest BCUT2D eigenvalue weighted by Crippen LogP contribution is -2.31. The van der Waals surface area contributed by atoms with Gasteiger partial charge in [0.1, 0.15) is 5.75 Å². The molecule has 0 spiro atoms. The van der Waals surface area contributed by atoms with Crippen molar-refractivity contribution in [3.63, 3.8) is 0 Å². The fourth-order valence-corrected chi connectivity index (χ4v) is 2.48. The van der Waals surface area contributed by atoms with E-state index in [4.69, 9.17) is 19.5 Å². The Balaban J connectivity index is 1.94. The van der Waals surface area contributed by atoms with Crippen LogP contribution < -0.4 is 19.5 Å². The van der Waals surface area contributed by atoms with Crippen LogP contribution in [0.15, 0.2) is 42.5 Å². The lowest BCUT2D eigenvalue weighted by molar-refractivity contribution is -0.123. The number of nitrogens with zero attached hydrogens (tertiary/aromatic N) is 1. The molecular weight excluding hydrogens is 344 g/mol. The second-order valence-corrected chi connectivity index (χ2v) is 5.79. The minimum atomic E-state index is -0.237. The van der Waals surface area contributed by atoms with Crippen molar-refractivity contribution in [3.05, 3.63) is 53.6 Å². The molecule has 2 rings (SSSR count). The molecule has 0 saturated heterocycles. The van der Waals surface area contributed by atoms with Crippen LogP contribution in [0.1, 0.15) is 37.9 Å². The molecule has 0 aromatic heterocycles. The van der Waals surface area contributed by atoms with Crippen molar-refractivity contribution in [1.29, 1.82) is 5.26 Å². The maximum absolute atomic E-state index is 12.2. The van der Waals surface area contributed by atoms with Crippen LogP contribution in [0.3, 0.4) is 0 Å². The summed E-state index contributed by atoms with van der Waals surface area (Å²) >= 11 is 0. The number of carbonyl (C=O) groups excluding carboxylic acids is 1. The van der Waals surface area contributed by atoms with E-state index in [1.807, 2.05) is 45.0 Å². The summed E-state index contributed by atoms with van der Waals surface area (Å²) in [5.74, 6) is 1.65. The van der Waals surface area contributed by atoms with Crippen LogP contribution in [-0.4, -0.2) is 25.7 Å². The smallest absolute Gasteiger partial charge is 0.258 e. The van der Waals surface area contributed by atoms with Crippen LogP contribution in [0.25, 0.3) is 0 Å². The minimum Gasteiger partial charge on any atom is -0.490 e. The monoisotopic (exact) mass is 368 g/mol. The van der Waals surface area contributed by atoms with Crippen molar-refractivity contribution < 1.29 is 19.0 Å². The number of nitriles is 1. The Morgan fingerprint density at radius 2 is 1.70 bits per heavy atom. The van der Waals surface area contributed by atoms with Gasteiger partial charge in [0.25, 0.3) is 5.91 Å². The van der Waals surface area contributed by atoms with Crippen molar-refractivity contribution in [2.45, 2.75) is 26.8 Å². The molecule has 0 unspecified atom stereocenters. The van der Waals surface area contributed by atoms with Gasteiger partial charge in [-0.05, 0) is 62.7 Å². The van der Waals surface area contributed by atoms with E-state index >= 15 is 0 Å². The lowest BCUT2D eigenvalue weighted by atomic mass is 10.1. The summed E-state index contributed by atoms with van der Waals surface area (Å²) in [6.45, 7) is 6.70. The summed E-state index contributed by atoms with van der Waals surface area (Å²) in [6.07, 6.45) is 0. The third-order valence-electron chi connectivity index (χ3n) is 3.80. The van der Waals surface area contributed by atoms with Gasteiger partial charge in [0, 0.05) is 0 Å². The van der Waals surface area contributed by atoms with Crippen LogP contribution in [-0.2, 0) is 4.79 Å². The number of ether oxygens (including phenoxy) is 3. The first-order valence-electron chi connectivity index (χ1n) is 8.89. The van der Waals surface area contributed by atoms with Crippen LogP contribution in [0.4, 0.5) is 0 Å². The van der Waals surface area contributed by atoms with Crippen molar-refractivity contribution in [1.82, 2.24) is 5.32 Å². The molecule has 1 amide bonds. The summed E-state index contributed by atoms with van der Waals surface area (Å²) in [7, 11) is 0. The molecule has 0 saturated carbocycles. The summed E-state index contributed by atoms with van der Waals surface area (Å²) < 4.78 is 16.6. The van der Waals surface area contributed by atoms with Crippen molar-refractivity contribution in [2.24, 2.45) is 0 Å². The van der Waals surface area contributed by atoms with Crippen LogP contribution in [0, 0.1) is 11.3 Å². The topological polar surface area (TPSA) is 80.6 Å². The molecule has 142 valence electrons. The third kappa shape index (κ3) is 5.93. The number of nitrogens with one attached hydrogen (secondary N) is 1. The highest BCUT2D eigenvalue weighted by Crippen LogP contribution is 2.30. The Morgan fingerprint density at radius 1 is 1.04 bits per heavy atom. The van der Waals surface area contributed by atoms with Gasteiger partial charge in [0.05, 0.1) is 30.9 Å². The standard InChI is InChI=1S/C21H24N2O4/c1-4-25-19-11-8-17(12-20(19)26-5-2)15(3)23-21(24)14-27-18-9-6-16(13-22)7-10-18/h6-12,15H,4-5,14H2,1-3H3,(H,23,24)/t15-/m0/s1. The molecule has 0 bridgehead atoms. The fraction of sp³-hybridized carbons (Fsp3) is 0.333. The highest BCUT2D eigenvalue weighted by atomic mass is 16.5. The quantitative estimate of drug-likeness (QED) is 0.731. The van der Waals surface area contributed by atoms with Gasteiger partial charge in [0.15, 0.2) is 18.1 Å². The van der Waals surface area contributed by atoms with Gasteiger partial charge >= 0.3 is 0 Å². The van der Waals surface area contributed by atoms with Crippen molar-refractivity contribution in [2.75, 3.05) is 19.8 Å². The second-order valence-electron chi connectivity index (χ2n) is 5.79. The molecule has 1 N–H and O–H groups in total. The first-order valence-corrected chi connectivity index (χ1v) is 8.89. The SMILES string of the molecule is CCOc1ccc([C@H](C)NC(=O)COc2ccc(C#N)cc2)cc1OCC. The Hall–Kier alpha value is -3.20. The van der Waals surface area contributed by atoms with E-state index in [-0.39, 0.29) is 18.6 Å². The first kappa shape index (κ1) is 20.1. The molecule has 2 aromatic rings. The Labute approximate surface area is 159 Å². The maximum Gasteiger partial charge on any atom is 0.258 e. The molecule has 0 aliphatic heterocycles. The largest absolute Gasteiger partial charge is 0.490 e. The molecule has 0 fully saturated rings. The molecule has 0 radical (unpaired) electrons. The predicted octanol–water partition coefficient (Wildman–Crippen LogP) is 3.61. The minimum absolute atomic E-state index is 0.106. The molecule has 6 nitrogen and oxygen atoms in total. The van der Waals surface area contributed by atoms with E-state index in [1.165, 1.54) is 0 Å². The van der Waals surface area contributed by atoms with Gasteiger partial charge in [-0.1, -0.05) is 6.07 Å². The Morgan fingerprint density at radius 3 is 2.33 bits per heavy atom. The number of hydrogen-bond donors (Lipinski definition) is 1. The molecule has 1 atom stereocenters. The molecular formula is C21H24N2O4. The van der Waals surface area contributed by atoms with E-state index in [0.29, 0.717) is 36.0 Å².